The van der Waals surface area contributed by atoms with E-state index in [0.29, 0.717) is 0 Å². The van der Waals surface area contributed by atoms with Gasteiger partial charge in [0.15, 0.2) is 0 Å². The van der Waals surface area contributed by atoms with E-state index < -0.39 is 7.82 Å². The molecule has 0 atom stereocenters. The van der Waals surface area contributed by atoms with Crippen molar-refractivity contribution in [1.29, 1.82) is 0 Å². The first-order valence-electron chi connectivity index (χ1n) is 0.969. The molecule has 2 N–H and O–H groups in total. The molecular weight excluding hydrogens is 333 g/mol. The molecule has 0 radical (unpaired) electrons. The third-order valence-electron chi connectivity index (χ3n) is 0.119. The van der Waals surface area contributed by atoms with Gasteiger partial charge in [0.1, 0.15) is 0 Å². The van der Waals surface area contributed by atoms with Gasteiger partial charge in [-0.15, -0.1) is 0 Å². The number of phosphoric acid groups is 1. The summed E-state index contributed by atoms with van der Waals surface area (Å²) in [6, 6.07) is 0. The van der Waals surface area contributed by atoms with Gasteiger partial charge in [0, 0.05) is 0 Å². The summed E-state index contributed by atoms with van der Waals surface area (Å²) in [5.41, 5.74) is 0. The molecule has 0 aliphatic rings. The molecule has 6 heteroatoms. The van der Waals surface area contributed by atoms with Crippen LogP contribution in [-0.2, 0) is 6.59 Å². The van der Waals surface area contributed by atoms with Crippen molar-refractivity contribution < 1.29 is 46.3 Å². The molecule has 0 aromatic carbocycles. The fraction of sp³-hybridized carbons (Fsp3) is 0. The van der Waals surface area contributed by atoms with Gasteiger partial charge in [-0.2, -0.15) is 0 Å². The molecule has 0 aromatic heterocycles. The zero-order chi connectivity index (χ0) is 5.21. The van der Waals surface area contributed by atoms with E-state index in [4.69, 9.17) is 9.79 Å². The van der Waals surface area contributed by atoms with Gasteiger partial charge >= 0.3 is 54.1 Å². The van der Waals surface area contributed by atoms with E-state index in [1.807, 2.05) is 0 Å². The minimum atomic E-state index is -4.07. The molecular formula is H2O4PU. The predicted molar refractivity (Wildman–Crippen MR) is 13.1 cm³/mol. The summed E-state index contributed by atoms with van der Waals surface area (Å²) in [6.07, 6.45) is 0. The summed E-state index contributed by atoms with van der Waals surface area (Å²) < 4.78 is 13.3. The fourth-order valence-electron chi connectivity index (χ4n) is 0. The Hall–Kier alpha value is 1.16. The van der Waals surface area contributed by atoms with E-state index in [1.165, 1.54) is 0 Å². The standard InChI is InChI=1S/H3O4P.U/c1-5(2,3)4;/h(H3,1,2,3,4);/q;+1/p-1. The van der Waals surface area contributed by atoms with Crippen molar-refractivity contribution in [3.8, 4) is 0 Å². The SMILES string of the molecule is O=P(O)(O)[O][U]. The average Bonchev–Trinajstić information content (AvgIpc) is 1.35. The Labute approximate surface area is 54.1 Å². The Morgan fingerprint density at radius 2 is 1.83 bits per heavy atom. The van der Waals surface area contributed by atoms with Gasteiger partial charge in [-0.3, -0.25) is 0 Å². The molecule has 0 unspecified atom stereocenters. The van der Waals surface area contributed by atoms with Crippen LogP contribution in [0.4, 0.5) is 0 Å². The minimum absolute atomic E-state index is 0.0977. The van der Waals surface area contributed by atoms with Crippen LogP contribution in [-0.4, -0.2) is 9.79 Å². The molecule has 0 aromatic rings. The molecule has 4 nitrogen and oxygen atoms in total. The molecule has 0 saturated carbocycles. The van der Waals surface area contributed by atoms with Gasteiger partial charge in [-0.05, 0) is 0 Å². The zero-order valence-corrected chi connectivity index (χ0v) is 7.72. The van der Waals surface area contributed by atoms with Crippen LogP contribution in [0.2, 0.25) is 0 Å². The molecule has 0 amide bonds. The van der Waals surface area contributed by atoms with Crippen molar-refractivity contribution in [3.63, 3.8) is 0 Å². The van der Waals surface area contributed by atoms with Crippen LogP contribution in [0, 0.1) is 29.9 Å². The first kappa shape index (κ1) is 7.16. The number of hydrogen-bond acceptors (Lipinski definition) is 2. The van der Waals surface area contributed by atoms with Crippen LogP contribution in [0.15, 0.2) is 0 Å². The summed E-state index contributed by atoms with van der Waals surface area (Å²) >= 11 is -0.0977. The van der Waals surface area contributed by atoms with Gasteiger partial charge < -0.3 is 0 Å². The van der Waals surface area contributed by atoms with Crippen LogP contribution in [0.1, 0.15) is 0 Å². The molecule has 0 saturated heterocycles. The van der Waals surface area contributed by atoms with E-state index >= 15 is 0 Å². The Bertz CT molecular complexity index is 71.6. The molecule has 0 rings (SSSR count). The summed E-state index contributed by atoms with van der Waals surface area (Å²) in [7, 11) is -4.07. The topological polar surface area (TPSA) is 66.8 Å². The van der Waals surface area contributed by atoms with Crippen LogP contribution >= 0.6 is 7.82 Å². The summed E-state index contributed by atoms with van der Waals surface area (Å²) in [4.78, 5) is 15.5. The molecule has 0 bridgehead atoms. The van der Waals surface area contributed by atoms with E-state index in [0.717, 1.165) is 0 Å². The van der Waals surface area contributed by atoms with E-state index in [9.17, 15) is 4.57 Å². The van der Waals surface area contributed by atoms with Crippen LogP contribution in [0.25, 0.3) is 0 Å². The second-order valence-corrected chi connectivity index (χ2v) is 4.03. The van der Waals surface area contributed by atoms with Gasteiger partial charge in [0.05, 0.1) is 0 Å². The van der Waals surface area contributed by atoms with Gasteiger partial charge in [-0.25, -0.2) is 0 Å². The second-order valence-electron chi connectivity index (χ2n) is 0.582. The first-order valence-corrected chi connectivity index (χ1v) is 4.20. The van der Waals surface area contributed by atoms with Gasteiger partial charge in [0.2, 0.25) is 0 Å². The second kappa shape index (κ2) is 2.46. The average molecular weight is 335 g/mol. The van der Waals surface area contributed by atoms with E-state index in [2.05, 4.69) is 2.03 Å². The number of hydrogen-bond donors (Lipinski definition) is 2. The Kier molecular flexibility index (Phi) is 2.94. The fourth-order valence-corrected chi connectivity index (χ4v) is 0. The molecule has 0 spiro atoms. The predicted octanol–water partition coefficient (Wildman–Crippen LogP) is -0.440. The third kappa shape index (κ3) is 5.16. The van der Waals surface area contributed by atoms with Crippen molar-refractivity contribution in [3.05, 3.63) is 0 Å². The van der Waals surface area contributed by atoms with Crippen LogP contribution < -0.4 is 0 Å². The zero-order valence-electron chi connectivity index (χ0n) is 2.66. The van der Waals surface area contributed by atoms with Crippen molar-refractivity contribution in [2.45, 2.75) is 0 Å². The maximum absolute atomic E-state index is 9.51. The summed E-state index contributed by atoms with van der Waals surface area (Å²) in [5, 5.41) is 0. The molecule has 35 valence electrons. The molecule has 6 heavy (non-hydrogen) atoms. The summed E-state index contributed by atoms with van der Waals surface area (Å²) in [6.45, 7) is 0. The Morgan fingerprint density at radius 1 is 1.67 bits per heavy atom. The van der Waals surface area contributed by atoms with E-state index in [1.54, 1.807) is 0 Å². The molecule has 0 aliphatic heterocycles. The summed E-state index contributed by atoms with van der Waals surface area (Å²) in [5.74, 6) is 0. The Morgan fingerprint density at radius 3 is 1.83 bits per heavy atom. The molecule has 0 heterocycles. The van der Waals surface area contributed by atoms with Crippen molar-refractivity contribution in [1.82, 2.24) is 0 Å². The van der Waals surface area contributed by atoms with E-state index in [-0.39, 0.29) is 29.9 Å². The molecule has 0 fully saturated rings. The van der Waals surface area contributed by atoms with Crippen molar-refractivity contribution in [2.24, 2.45) is 0 Å². The monoisotopic (exact) mass is 335 g/mol. The van der Waals surface area contributed by atoms with Gasteiger partial charge in [-0.1, -0.05) is 0 Å². The van der Waals surface area contributed by atoms with Gasteiger partial charge in [0.25, 0.3) is 0 Å². The molecule has 0 aliphatic carbocycles. The maximum atomic E-state index is 9.51. The van der Waals surface area contributed by atoms with Crippen molar-refractivity contribution in [2.75, 3.05) is 0 Å². The van der Waals surface area contributed by atoms with Crippen LogP contribution in [0.3, 0.4) is 0 Å². The number of rotatable bonds is 1. The quantitative estimate of drug-likeness (QED) is 0.638. The Balaban J connectivity index is 3.48. The van der Waals surface area contributed by atoms with Crippen LogP contribution in [0.5, 0.6) is 0 Å². The normalized spacial score (nSPS) is 12.0. The third-order valence-corrected chi connectivity index (χ3v) is 3.33. The first-order chi connectivity index (χ1) is 2.56. The van der Waals surface area contributed by atoms with Crippen molar-refractivity contribution >= 4 is 7.82 Å².